The number of hydrogen-bond donors (Lipinski definition) is 1. The number of anilines is 1. The van der Waals surface area contributed by atoms with E-state index < -0.39 is 17.6 Å². The molecular formula is C23H17F4N3. The maximum absolute atomic E-state index is 13.8. The van der Waals surface area contributed by atoms with Gasteiger partial charge in [0.1, 0.15) is 5.82 Å². The molecule has 7 heteroatoms. The molecule has 0 radical (unpaired) electrons. The summed E-state index contributed by atoms with van der Waals surface area (Å²) in [4.78, 5) is 4.58. The minimum Gasteiger partial charge on any atom is -0.351 e. The minimum atomic E-state index is -4.41. The van der Waals surface area contributed by atoms with Crippen molar-refractivity contribution in [3.05, 3.63) is 102 Å². The Bertz CT molecular complexity index is 1150. The van der Waals surface area contributed by atoms with Crippen molar-refractivity contribution in [2.75, 3.05) is 5.32 Å². The molecule has 1 heterocycles. The first kappa shape index (κ1) is 19.7. The molecule has 3 aromatic carbocycles. The number of benzene rings is 3. The summed E-state index contributed by atoms with van der Waals surface area (Å²) >= 11 is 0. The molecule has 1 N–H and O–H groups in total. The summed E-state index contributed by atoms with van der Waals surface area (Å²) in [7, 11) is 0. The Morgan fingerprint density at radius 1 is 0.867 bits per heavy atom. The van der Waals surface area contributed by atoms with Crippen LogP contribution < -0.4 is 5.32 Å². The third-order valence-corrected chi connectivity index (χ3v) is 4.57. The fraction of sp³-hybridized carbons (Fsp3) is 0.0870. The van der Waals surface area contributed by atoms with Crippen molar-refractivity contribution in [3.8, 4) is 16.9 Å². The summed E-state index contributed by atoms with van der Waals surface area (Å²) < 4.78 is 54.4. The van der Waals surface area contributed by atoms with Gasteiger partial charge in [-0.3, -0.25) is 4.57 Å². The SMILES string of the molecule is Fc1cccc(-n2cc(-c3ccccc3)nc2NCc2cccc(C(F)(F)F)c2)c1. The third-order valence-electron chi connectivity index (χ3n) is 4.57. The number of hydrogen-bond acceptors (Lipinski definition) is 2. The Morgan fingerprint density at radius 3 is 2.37 bits per heavy atom. The molecule has 1 aromatic heterocycles. The van der Waals surface area contributed by atoms with Crippen LogP contribution in [0.1, 0.15) is 11.1 Å². The van der Waals surface area contributed by atoms with E-state index in [2.05, 4.69) is 10.3 Å². The number of halogens is 4. The summed E-state index contributed by atoms with van der Waals surface area (Å²) in [6, 6.07) is 20.6. The van der Waals surface area contributed by atoms with Gasteiger partial charge in [-0.15, -0.1) is 0 Å². The molecule has 0 unspecified atom stereocenters. The first-order chi connectivity index (χ1) is 14.4. The van der Waals surface area contributed by atoms with Gasteiger partial charge in [0.15, 0.2) is 0 Å². The number of nitrogens with one attached hydrogen (secondary N) is 1. The van der Waals surface area contributed by atoms with Crippen LogP contribution in [-0.4, -0.2) is 9.55 Å². The first-order valence-corrected chi connectivity index (χ1v) is 9.21. The summed E-state index contributed by atoms with van der Waals surface area (Å²) in [6.07, 6.45) is -2.64. The normalized spacial score (nSPS) is 11.5. The van der Waals surface area contributed by atoms with Gasteiger partial charge in [0.05, 0.1) is 16.9 Å². The molecule has 4 aromatic rings. The van der Waals surface area contributed by atoms with Crippen LogP contribution in [0, 0.1) is 5.82 Å². The van der Waals surface area contributed by atoms with E-state index in [0.717, 1.165) is 17.7 Å². The molecule has 0 saturated heterocycles. The smallest absolute Gasteiger partial charge is 0.351 e. The van der Waals surface area contributed by atoms with Crippen LogP contribution in [0.3, 0.4) is 0 Å². The Hall–Kier alpha value is -3.61. The maximum atomic E-state index is 13.8. The van der Waals surface area contributed by atoms with Crippen molar-refractivity contribution >= 4 is 5.95 Å². The quantitative estimate of drug-likeness (QED) is 0.390. The van der Waals surface area contributed by atoms with Gasteiger partial charge in [-0.1, -0.05) is 48.5 Å². The number of rotatable bonds is 5. The largest absolute Gasteiger partial charge is 0.416 e. The molecule has 0 atom stereocenters. The zero-order valence-corrected chi connectivity index (χ0v) is 15.7. The van der Waals surface area contributed by atoms with Crippen molar-refractivity contribution in [2.24, 2.45) is 0 Å². The Balaban J connectivity index is 1.67. The molecule has 30 heavy (non-hydrogen) atoms. The van der Waals surface area contributed by atoms with E-state index in [9.17, 15) is 17.6 Å². The van der Waals surface area contributed by atoms with Crippen LogP contribution in [0.15, 0.2) is 85.1 Å². The second-order valence-electron chi connectivity index (χ2n) is 6.72. The van der Waals surface area contributed by atoms with E-state index >= 15 is 0 Å². The van der Waals surface area contributed by atoms with E-state index in [1.54, 1.807) is 29.0 Å². The summed E-state index contributed by atoms with van der Waals surface area (Å²) in [5.74, 6) is 0.00292. The topological polar surface area (TPSA) is 29.9 Å². The van der Waals surface area contributed by atoms with Crippen molar-refractivity contribution < 1.29 is 17.6 Å². The molecule has 0 bridgehead atoms. The van der Waals surface area contributed by atoms with Crippen LogP contribution in [0.5, 0.6) is 0 Å². The minimum absolute atomic E-state index is 0.129. The van der Waals surface area contributed by atoms with Crippen LogP contribution in [0.4, 0.5) is 23.5 Å². The number of imidazole rings is 1. The molecule has 0 amide bonds. The highest BCUT2D eigenvalue weighted by atomic mass is 19.4. The van der Waals surface area contributed by atoms with Crippen molar-refractivity contribution in [3.63, 3.8) is 0 Å². The molecule has 0 spiro atoms. The van der Waals surface area contributed by atoms with Gasteiger partial charge >= 0.3 is 6.18 Å². The molecule has 3 nitrogen and oxygen atoms in total. The van der Waals surface area contributed by atoms with Crippen molar-refractivity contribution in [1.29, 1.82) is 0 Å². The lowest BCUT2D eigenvalue weighted by Crippen LogP contribution is -2.09. The lowest BCUT2D eigenvalue weighted by atomic mass is 10.1. The van der Waals surface area contributed by atoms with Crippen molar-refractivity contribution in [1.82, 2.24) is 9.55 Å². The van der Waals surface area contributed by atoms with Crippen LogP contribution in [0.25, 0.3) is 16.9 Å². The highest BCUT2D eigenvalue weighted by Crippen LogP contribution is 2.30. The predicted octanol–water partition coefficient (Wildman–Crippen LogP) is 6.31. The number of nitrogens with zero attached hydrogens (tertiary/aromatic N) is 2. The zero-order chi connectivity index (χ0) is 21.1. The lowest BCUT2D eigenvalue weighted by molar-refractivity contribution is -0.137. The highest BCUT2D eigenvalue weighted by Gasteiger charge is 2.30. The number of aromatic nitrogens is 2. The first-order valence-electron chi connectivity index (χ1n) is 9.21. The maximum Gasteiger partial charge on any atom is 0.416 e. The predicted molar refractivity (Wildman–Crippen MR) is 108 cm³/mol. The fourth-order valence-corrected chi connectivity index (χ4v) is 3.11. The fourth-order valence-electron chi connectivity index (χ4n) is 3.11. The van der Waals surface area contributed by atoms with Crippen LogP contribution in [0.2, 0.25) is 0 Å². The second-order valence-corrected chi connectivity index (χ2v) is 6.72. The highest BCUT2D eigenvalue weighted by molar-refractivity contribution is 5.62. The summed E-state index contributed by atoms with van der Waals surface area (Å²) in [5, 5.41) is 3.08. The van der Waals surface area contributed by atoms with Crippen LogP contribution >= 0.6 is 0 Å². The van der Waals surface area contributed by atoms with E-state index in [-0.39, 0.29) is 6.54 Å². The monoisotopic (exact) mass is 411 g/mol. The molecule has 0 aliphatic carbocycles. The van der Waals surface area contributed by atoms with E-state index in [1.807, 2.05) is 30.3 Å². The summed E-state index contributed by atoms with van der Waals surface area (Å²) in [5.41, 5.74) is 1.83. The molecule has 0 aliphatic rings. The Labute approximate surface area is 170 Å². The summed E-state index contributed by atoms with van der Waals surface area (Å²) in [6.45, 7) is 0.129. The molecule has 152 valence electrons. The molecule has 0 fully saturated rings. The lowest BCUT2D eigenvalue weighted by Gasteiger charge is -2.11. The van der Waals surface area contributed by atoms with E-state index in [4.69, 9.17) is 0 Å². The van der Waals surface area contributed by atoms with Gasteiger partial charge in [0, 0.05) is 18.3 Å². The van der Waals surface area contributed by atoms with Crippen molar-refractivity contribution in [2.45, 2.75) is 12.7 Å². The molecule has 0 saturated carbocycles. The molecular weight excluding hydrogens is 394 g/mol. The zero-order valence-electron chi connectivity index (χ0n) is 15.7. The Morgan fingerprint density at radius 2 is 1.63 bits per heavy atom. The van der Waals surface area contributed by atoms with Gasteiger partial charge in [0.25, 0.3) is 0 Å². The second kappa shape index (κ2) is 8.02. The van der Waals surface area contributed by atoms with Gasteiger partial charge in [-0.25, -0.2) is 9.37 Å². The standard InChI is InChI=1S/C23H17F4N3/c24-19-10-5-11-20(13-19)30-15-21(17-7-2-1-3-8-17)29-22(30)28-14-16-6-4-9-18(12-16)23(25,26)27/h1-13,15H,14H2,(H,28,29). The van der Waals surface area contributed by atoms with E-state index in [1.165, 1.54) is 18.2 Å². The van der Waals surface area contributed by atoms with Crippen LogP contribution in [-0.2, 0) is 12.7 Å². The third kappa shape index (κ3) is 4.35. The van der Waals surface area contributed by atoms with Gasteiger partial charge < -0.3 is 5.32 Å². The van der Waals surface area contributed by atoms with E-state index in [0.29, 0.717) is 22.9 Å². The van der Waals surface area contributed by atoms with Gasteiger partial charge in [-0.05, 0) is 35.9 Å². The average molecular weight is 411 g/mol. The molecule has 4 rings (SSSR count). The number of alkyl halides is 3. The Kier molecular flexibility index (Phi) is 5.27. The average Bonchev–Trinajstić information content (AvgIpc) is 3.17. The van der Waals surface area contributed by atoms with Gasteiger partial charge in [0.2, 0.25) is 5.95 Å². The van der Waals surface area contributed by atoms with Gasteiger partial charge in [-0.2, -0.15) is 13.2 Å². The molecule has 0 aliphatic heterocycles.